The number of aromatic nitrogens is 4. The average Bonchev–Trinajstić information content (AvgIpc) is 3.52. The SMILES string of the molecule is N#Cc1cc2c(=O)n3c4cc(C(F)(F)F)ccc4nc3c3ccc4c(=O)n5c6cc(C(F)(F)F)ccc6nc5c1c4c23. The van der Waals surface area contributed by atoms with Crippen LogP contribution in [0.5, 0.6) is 0 Å². The third-order valence-corrected chi connectivity index (χ3v) is 7.70. The Morgan fingerprint density at radius 3 is 1.71 bits per heavy atom. The van der Waals surface area contributed by atoms with Gasteiger partial charge in [0, 0.05) is 26.9 Å². The molecule has 4 heterocycles. The second-order valence-corrected chi connectivity index (χ2v) is 9.92. The Hall–Kier alpha value is -5.51. The predicted octanol–water partition coefficient (Wildman–Crippen LogP) is 6.25. The van der Waals surface area contributed by atoms with E-state index in [1.54, 1.807) is 0 Å². The lowest BCUT2D eigenvalue weighted by molar-refractivity contribution is -0.138. The first kappa shape index (κ1) is 24.3. The van der Waals surface area contributed by atoms with Crippen LogP contribution in [0.2, 0.25) is 0 Å². The van der Waals surface area contributed by atoms with Gasteiger partial charge >= 0.3 is 12.4 Å². The van der Waals surface area contributed by atoms with Gasteiger partial charge in [0.25, 0.3) is 11.1 Å². The third-order valence-electron chi connectivity index (χ3n) is 7.70. The minimum absolute atomic E-state index is 0.0167. The van der Waals surface area contributed by atoms with Crippen LogP contribution >= 0.6 is 0 Å². The van der Waals surface area contributed by atoms with Gasteiger partial charge in [0.05, 0.1) is 50.2 Å². The number of halogens is 6. The smallest absolute Gasteiger partial charge is 0.268 e. The van der Waals surface area contributed by atoms with Gasteiger partial charge in [0.1, 0.15) is 11.3 Å². The fraction of sp³-hybridized carbons (Fsp3) is 0.0690. The predicted molar refractivity (Wildman–Crippen MR) is 141 cm³/mol. The van der Waals surface area contributed by atoms with Crippen molar-refractivity contribution in [3.8, 4) is 6.07 Å². The number of rotatable bonds is 0. The highest BCUT2D eigenvalue weighted by atomic mass is 19.4. The third kappa shape index (κ3) is 2.90. The number of hydrogen-bond acceptors (Lipinski definition) is 5. The molecule has 0 aliphatic rings. The Morgan fingerprint density at radius 2 is 1.14 bits per heavy atom. The normalized spacial score (nSPS) is 13.2. The zero-order valence-electron chi connectivity index (χ0n) is 20.5. The van der Waals surface area contributed by atoms with E-state index in [2.05, 4.69) is 9.97 Å². The number of imidazole rings is 2. The van der Waals surface area contributed by atoms with Gasteiger partial charge in [-0.3, -0.25) is 18.4 Å². The molecule has 0 aliphatic carbocycles. The van der Waals surface area contributed by atoms with Gasteiger partial charge < -0.3 is 0 Å². The highest BCUT2D eigenvalue weighted by Crippen LogP contribution is 2.40. The van der Waals surface area contributed by atoms with Crippen LogP contribution in [-0.4, -0.2) is 18.8 Å². The first-order valence-corrected chi connectivity index (χ1v) is 12.2. The second kappa shape index (κ2) is 7.41. The summed E-state index contributed by atoms with van der Waals surface area (Å²) >= 11 is 0. The number of fused-ring (bicyclic) bond motifs is 8. The van der Waals surface area contributed by atoms with Crippen molar-refractivity contribution in [1.82, 2.24) is 18.8 Å². The molecule has 8 aromatic rings. The van der Waals surface area contributed by atoms with Crippen molar-refractivity contribution in [3.05, 3.63) is 92.0 Å². The molecule has 0 amide bonds. The largest absolute Gasteiger partial charge is 0.416 e. The lowest BCUT2D eigenvalue weighted by Gasteiger charge is -2.13. The lowest BCUT2D eigenvalue weighted by atomic mass is 9.93. The summed E-state index contributed by atoms with van der Waals surface area (Å²) in [4.78, 5) is 36.5. The van der Waals surface area contributed by atoms with Gasteiger partial charge in [-0.2, -0.15) is 31.6 Å². The van der Waals surface area contributed by atoms with Crippen molar-refractivity contribution in [2.45, 2.75) is 12.4 Å². The summed E-state index contributed by atoms with van der Waals surface area (Å²) in [5.41, 5.74) is -3.51. The van der Waals surface area contributed by atoms with E-state index in [9.17, 15) is 41.2 Å². The molecule has 0 unspecified atom stereocenters. The van der Waals surface area contributed by atoms with Crippen LogP contribution in [0.3, 0.4) is 0 Å². The van der Waals surface area contributed by atoms with E-state index in [1.807, 2.05) is 6.07 Å². The fourth-order valence-electron chi connectivity index (χ4n) is 5.92. The second-order valence-electron chi connectivity index (χ2n) is 9.92. The molecular formula is C29H9F6N5O2. The zero-order chi connectivity index (χ0) is 29.5. The Kier molecular flexibility index (Phi) is 4.29. The van der Waals surface area contributed by atoms with Gasteiger partial charge in [-0.25, -0.2) is 9.97 Å². The molecule has 0 saturated carbocycles. The highest BCUT2D eigenvalue weighted by Gasteiger charge is 2.33. The van der Waals surface area contributed by atoms with Crippen LogP contribution < -0.4 is 11.1 Å². The van der Waals surface area contributed by atoms with Crippen molar-refractivity contribution in [1.29, 1.82) is 5.26 Å². The monoisotopic (exact) mass is 573 g/mol. The van der Waals surface area contributed by atoms with Gasteiger partial charge in [0.15, 0.2) is 0 Å². The van der Waals surface area contributed by atoms with E-state index in [1.165, 1.54) is 18.2 Å². The molecule has 0 fully saturated rings. The minimum Gasteiger partial charge on any atom is -0.268 e. The Balaban J connectivity index is 1.61. The van der Waals surface area contributed by atoms with Crippen LogP contribution in [0, 0.1) is 11.3 Å². The van der Waals surface area contributed by atoms with Gasteiger partial charge in [-0.05, 0) is 54.6 Å². The standard InChI is InChI=1S/C29H9F6N5O2/c30-28(31,32)12-1-5-17-19(8-12)39-24(37-17)14-3-4-15-23-21(11(10-36)7-16(22(14)23)27(39)42)25-38-18-6-2-13(29(33,34)35)9-20(18)40(25)26(15)41/h1-9H. The number of nitriles is 1. The molecule has 0 atom stereocenters. The Morgan fingerprint density at radius 1 is 0.619 bits per heavy atom. The number of benzene rings is 4. The van der Waals surface area contributed by atoms with Crippen molar-refractivity contribution in [2.24, 2.45) is 0 Å². The van der Waals surface area contributed by atoms with Crippen LogP contribution in [-0.2, 0) is 12.4 Å². The Labute approximate surface area is 226 Å². The fourth-order valence-corrected chi connectivity index (χ4v) is 5.92. The van der Waals surface area contributed by atoms with Crippen LogP contribution in [0.4, 0.5) is 26.3 Å². The van der Waals surface area contributed by atoms with Crippen LogP contribution in [0.1, 0.15) is 16.7 Å². The van der Waals surface area contributed by atoms with E-state index in [-0.39, 0.29) is 65.9 Å². The molecule has 42 heavy (non-hydrogen) atoms. The van der Waals surface area contributed by atoms with E-state index in [4.69, 9.17) is 0 Å². The first-order valence-electron chi connectivity index (χ1n) is 12.2. The molecular weight excluding hydrogens is 564 g/mol. The average molecular weight is 573 g/mol. The van der Waals surface area contributed by atoms with E-state index < -0.39 is 34.6 Å². The molecule has 0 spiro atoms. The molecule has 8 rings (SSSR count). The first-order chi connectivity index (χ1) is 19.9. The molecule has 0 N–H and O–H groups in total. The van der Waals surface area contributed by atoms with Gasteiger partial charge in [-0.1, -0.05) is 0 Å². The molecule has 0 saturated heterocycles. The van der Waals surface area contributed by atoms with Crippen molar-refractivity contribution >= 4 is 65.7 Å². The molecule has 4 aromatic carbocycles. The van der Waals surface area contributed by atoms with E-state index >= 15 is 0 Å². The van der Waals surface area contributed by atoms with Crippen molar-refractivity contribution < 1.29 is 26.3 Å². The maximum atomic E-state index is 13.8. The topological polar surface area (TPSA) is 92.5 Å². The summed E-state index contributed by atoms with van der Waals surface area (Å²) in [5.74, 6) is 0. The van der Waals surface area contributed by atoms with Crippen molar-refractivity contribution in [2.75, 3.05) is 0 Å². The maximum absolute atomic E-state index is 13.8. The molecule has 7 nitrogen and oxygen atoms in total. The zero-order valence-corrected chi connectivity index (χ0v) is 20.5. The quantitative estimate of drug-likeness (QED) is 0.158. The highest BCUT2D eigenvalue weighted by molar-refractivity contribution is 6.29. The molecule has 4 aromatic heterocycles. The lowest BCUT2D eigenvalue weighted by Crippen LogP contribution is -2.17. The van der Waals surface area contributed by atoms with E-state index in [0.29, 0.717) is 5.39 Å². The summed E-state index contributed by atoms with van der Waals surface area (Å²) < 4.78 is 83.0. The van der Waals surface area contributed by atoms with Crippen LogP contribution in [0.15, 0.2) is 64.2 Å². The summed E-state index contributed by atoms with van der Waals surface area (Å²) in [6.07, 6.45) is -9.35. The van der Waals surface area contributed by atoms with Gasteiger partial charge in [-0.15, -0.1) is 0 Å². The maximum Gasteiger partial charge on any atom is 0.416 e. The van der Waals surface area contributed by atoms with Gasteiger partial charge in [0.2, 0.25) is 0 Å². The van der Waals surface area contributed by atoms with E-state index in [0.717, 1.165) is 45.2 Å². The molecule has 13 heteroatoms. The summed E-state index contributed by atoms with van der Waals surface area (Å²) in [6, 6.07) is 11.7. The minimum atomic E-state index is -4.68. The number of alkyl halides is 6. The molecule has 0 aliphatic heterocycles. The number of nitrogens with zero attached hydrogens (tertiary/aromatic N) is 5. The molecule has 204 valence electrons. The Bertz CT molecular complexity index is 2660. The summed E-state index contributed by atoms with van der Waals surface area (Å²) in [7, 11) is 0. The van der Waals surface area contributed by atoms with Crippen molar-refractivity contribution in [3.63, 3.8) is 0 Å². The van der Waals surface area contributed by atoms with Crippen LogP contribution in [0.25, 0.3) is 65.7 Å². The summed E-state index contributed by atoms with van der Waals surface area (Å²) in [6.45, 7) is 0. The molecule has 0 radical (unpaired) electrons. The number of pyridine rings is 2. The number of hydrogen-bond donors (Lipinski definition) is 0. The summed E-state index contributed by atoms with van der Waals surface area (Å²) in [5, 5.41) is 11.0. The molecule has 0 bridgehead atoms.